The number of rotatable bonds is 3. The number of anilines is 1. The Kier molecular flexibility index (Phi) is 4.66. The molecular weight excluding hydrogens is 358 g/mol. The first-order chi connectivity index (χ1) is 14.3. The lowest BCUT2D eigenvalue weighted by Gasteiger charge is -2.33. The molecule has 0 aliphatic carbocycles. The van der Waals surface area contributed by atoms with E-state index in [0.717, 1.165) is 59.9 Å². The zero-order chi connectivity index (χ0) is 19.6. The first-order valence-corrected chi connectivity index (χ1v) is 10.00. The van der Waals surface area contributed by atoms with E-state index < -0.39 is 0 Å². The summed E-state index contributed by atoms with van der Waals surface area (Å²) in [4.78, 5) is 19.3. The molecule has 0 N–H and O–H groups in total. The predicted molar refractivity (Wildman–Crippen MR) is 118 cm³/mol. The Bertz CT molecular complexity index is 1120. The van der Waals surface area contributed by atoms with Crippen LogP contribution in [0.2, 0.25) is 0 Å². The standard InChI is InChI=1S/C24H23N5/c1-28-12-14-29(15-13-28)20-16-21-24(25-17-20)27-23(19-10-6-3-7-11-19)22(26-21)18-8-4-2-5-9-18/h2-11,16-17H,12-15H2,1H3. The van der Waals surface area contributed by atoms with Crippen molar-refractivity contribution >= 4 is 16.9 Å². The van der Waals surface area contributed by atoms with Gasteiger partial charge in [0.2, 0.25) is 0 Å². The van der Waals surface area contributed by atoms with Gasteiger partial charge in [0.1, 0.15) is 5.52 Å². The zero-order valence-corrected chi connectivity index (χ0v) is 16.5. The Balaban J connectivity index is 1.64. The highest BCUT2D eigenvalue weighted by Gasteiger charge is 2.17. The molecule has 5 rings (SSSR count). The van der Waals surface area contributed by atoms with E-state index >= 15 is 0 Å². The molecule has 0 radical (unpaired) electrons. The quantitative estimate of drug-likeness (QED) is 0.534. The van der Waals surface area contributed by atoms with E-state index in [1.54, 1.807) is 0 Å². The van der Waals surface area contributed by atoms with Gasteiger partial charge in [-0.05, 0) is 13.1 Å². The molecular formula is C24H23N5. The van der Waals surface area contributed by atoms with E-state index in [-0.39, 0.29) is 0 Å². The second-order valence-electron chi connectivity index (χ2n) is 7.48. The third kappa shape index (κ3) is 3.57. The van der Waals surface area contributed by atoms with Crippen molar-refractivity contribution in [1.82, 2.24) is 19.9 Å². The highest BCUT2D eigenvalue weighted by atomic mass is 15.2. The zero-order valence-electron chi connectivity index (χ0n) is 16.5. The number of benzene rings is 2. The average Bonchev–Trinajstić information content (AvgIpc) is 2.79. The average molecular weight is 381 g/mol. The number of likely N-dealkylation sites (N-methyl/N-ethyl adjacent to an activating group) is 1. The van der Waals surface area contributed by atoms with Crippen molar-refractivity contribution in [2.75, 3.05) is 38.1 Å². The summed E-state index contributed by atoms with van der Waals surface area (Å²) in [5.74, 6) is 0. The summed E-state index contributed by atoms with van der Waals surface area (Å²) in [5.41, 5.74) is 6.50. The molecule has 0 spiro atoms. The number of hydrogen-bond acceptors (Lipinski definition) is 5. The van der Waals surface area contributed by atoms with Gasteiger partial charge in [-0.3, -0.25) is 0 Å². The van der Waals surface area contributed by atoms with Gasteiger partial charge >= 0.3 is 0 Å². The molecule has 1 saturated heterocycles. The molecule has 1 aliphatic rings. The van der Waals surface area contributed by atoms with Gasteiger partial charge in [0.05, 0.1) is 23.3 Å². The van der Waals surface area contributed by atoms with Crippen molar-refractivity contribution in [2.24, 2.45) is 0 Å². The number of aromatic nitrogens is 3. The van der Waals surface area contributed by atoms with Crippen LogP contribution >= 0.6 is 0 Å². The van der Waals surface area contributed by atoms with E-state index in [9.17, 15) is 0 Å². The molecule has 144 valence electrons. The maximum Gasteiger partial charge on any atom is 0.178 e. The van der Waals surface area contributed by atoms with Crippen LogP contribution < -0.4 is 4.90 Å². The lowest BCUT2D eigenvalue weighted by molar-refractivity contribution is 0.313. The molecule has 0 amide bonds. The van der Waals surface area contributed by atoms with Gasteiger partial charge in [0.15, 0.2) is 5.65 Å². The molecule has 0 saturated carbocycles. The molecule has 2 aromatic carbocycles. The second-order valence-corrected chi connectivity index (χ2v) is 7.48. The summed E-state index contributed by atoms with van der Waals surface area (Å²) in [6, 6.07) is 22.6. The SMILES string of the molecule is CN1CCN(c2cnc3nc(-c4ccccc4)c(-c4ccccc4)nc3c2)CC1. The number of nitrogens with zero attached hydrogens (tertiary/aromatic N) is 5. The van der Waals surface area contributed by atoms with Gasteiger partial charge in [-0.15, -0.1) is 0 Å². The highest BCUT2D eigenvalue weighted by Crippen LogP contribution is 2.31. The molecule has 4 aromatic rings. The van der Waals surface area contributed by atoms with Gasteiger partial charge < -0.3 is 9.80 Å². The van der Waals surface area contributed by atoms with E-state index in [1.165, 1.54) is 0 Å². The van der Waals surface area contributed by atoms with Crippen molar-refractivity contribution in [2.45, 2.75) is 0 Å². The van der Waals surface area contributed by atoms with Crippen LogP contribution in [-0.2, 0) is 0 Å². The molecule has 0 bridgehead atoms. The number of piperazine rings is 1. The lowest BCUT2D eigenvalue weighted by atomic mass is 10.0. The summed E-state index contributed by atoms with van der Waals surface area (Å²) >= 11 is 0. The van der Waals surface area contributed by atoms with Crippen molar-refractivity contribution in [3.05, 3.63) is 72.9 Å². The van der Waals surface area contributed by atoms with Gasteiger partial charge in [-0.1, -0.05) is 60.7 Å². The van der Waals surface area contributed by atoms with E-state index in [2.05, 4.69) is 52.2 Å². The number of fused-ring (bicyclic) bond motifs is 1. The molecule has 0 unspecified atom stereocenters. The molecule has 0 atom stereocenters. The van der Waals surface area contributed by atoms with Crippen LogP contribution in [0.4, 0.5) is 5.69 Å². The Morgan fingerprint density at radius 3 is 1.93 bits per heavy atom. The topological polar surface area (TPSA) is 45.2 Å². The Hall–Kier alpha value is -3.31. The lowest BCUT2D eigenvalue weighted by Crippen LogP contribution is -2.44. The minimum Gasteiger partial charge on any atom is -0.368 e. The fourth-order valence-electron chi connectivity index (χ4n) is 3.77. The van der Waals surface area contributed by atoms with Gasteiger partial charge in [0.25, 0.3) is 0 Å². The minimum atomic E-state index is 0.682. The summed E-state index contributed by atoms with van der Waals surface area (Å²) in [6.07, 6.45) is 1.93. The Morgan fingerprint density at radius 1 is 0.724 bits per heavy atom. The number of pyridine rings is 1. The first-order valence-electron chi connectivity index (χ1n) is 10.00. The summed E-state index contributed by atoms with van der Waals surface area (Å²) < 4.78 is 0. The van der Waals surface area contributed by atoms with Gasteiger partial charge in [-0.2, -0.15) is 0 Å². The second kappa shape index (κ2) is 7.60. The monoisotopic (exact) mass is 381 g/mol. The van der Waals surface area contributed by atoms with E-state index in [0.29, 0.717) is 5.65 Å². The Labute approximate surface area is 170 Å². The number of hydrogen-bond donors (Lipinski definition) is 0. The van der Waals surface area contributed by atoms with Crippen LogP contribution in [-0.4, -0.2) is 53.1 Å². The fourth-order valence-corrected chi connectivity index (χ4v) is 3.77. The van der Waals surface area contributed by atoms with Crippen LogP contribution in [0.3, 0.4) is 0 Å². The first kappa shape index (κ1) is 17.8. The maximum atomic E-state index is 5.03. The van der Waals surface area contributed by atoms with Crippen LogP contribution in [0, 0.1) is 0 Å². The fraction of sp³-hybridized carbons (Fsp3) is 0.208. The van der Waals surface area contributed by atoms with Crippen LogP contribution in [0.5, 0.6) is 0 Å². The predicted octanol–water partition coefficient (Wildman–Crippen LogP) is 4.11. The van der Waals surface area contributed by atoms with Crippen LogP contribution in [0.25, 0.3) is 33.7 Å². The molecule has 1 aliphatic heterocycles. The molecule has 1 fully saturated rings. The Morgan fingerprint density at radius 2 is 1.31 bits per heavy atom. The summed E-state index contributed by atoms with van der Waals surface area (Å²) in [7, 11) is 2.17. The third-order valence-corrected chi connectivity index (χ3v) is 5.47. The highest BCUT2D eigenvalue weighted by molar-refractivity contribution is 5.85. The van der Waals surface area contributed by atoms with Gasteiger partial charge in [0, 0.05) is 37.3 Å². The van der Waals surface area contributed by atoms with Crippen molar-refractivity contribution in [1.29, 1.82) is 0 Å². The summed E-state index contributed by atoms with van der Waals surface area (Å²) in [6.45, 7) is 4.13. The van der Waals surface area contributed by atoms with Crippen molar-refractivity contribution in [3.63, 3.8) is 0 Å². The van der Waals surface area contributed by atoms with Crippen molar-refractivity contribution in [3.8, 4) is 22.5 Å². The largest absolute Gasteiger partial charge is 0.368 e. The normalized spacial score (nSPS) is 15.0. The smallest absolute Gasteiger partial charge is 0.178 e. The third-order valence-electron chi connectivity index (χ3n) is 5.47. The van der Waals surface area contributed by atoms with Gasteiger partial charge in [-0.25, -0.2) is 15.0 Å². The maximum absolute atomic E-state index is 5.03. The molecule has 2 aromatic heterocycles. The molecule has 3 heterocycles. The molecule has 5 heteroatoms. The summed E-state index contributed by atoms with van der Waals surface area (Å²) in [5, 5.41) is 0. The van der Waals surface area contributed by atoms with E-state index in [4.69, 9.17) is 9.97 Å². The molecule has 29 heavy (non-hydrogen) atoms. The van der Waals surface area contributed by atoms with Crippen molar-refractivity contribution < 1.29 is 0 Å². The van der Waals surface area contributed by atoms with E-state index in [1.807, 2.05) is 42.6 Å². The minimum absolute atomic E-state index is 0.682. The molecule has 5 nitrogen and oxygen atoms in total. The van der Waals surface area contributed by atoms with Crippen LogP contribution in [0.1, 0.15) is 0 Å². The van der Waals surface area contributed by atoms with Crippen LogP contribution in [0.15, 0.2) is 72.9 Å².